The van der Waals surface area contributed by atoms with Gasteiger partial charge in [0.25, 0.3) is 5.91 Å². The summed E-state index contributed by atoms with van der Waals surface area (Å²) in [6, 6.07) is 13.7. The molecule has 3 aromatic rings. The number of nitrogens with one attached hydrogen (secondary N) is 1. The van der Waals surface area contributed by atoms with E-state index >= 15 is 0 Å². The number of carbonyl (C=O) groups excluding carboxylic acids is 2. The Labute approximate surface area is 166 Å². The molecule has 2 heterocycles. The summed E-state index contributed by atoms with van der Waals surface area (Å²) in [7, 11) is 0. The van der Waals surface area contributed by atoms with Crippen molar-refractivity contribution < 1.29 is 18.7 Å². The lowest BCUT2D eigenvalue weighted by Crippen LogP contribution is -2.30. The Bertz CT molecular complexity index is 1130. The Kier molecular flexibility index (Phi) is 5.47. The first-order chi connectivity index (χ1) is 13.9. The number of benzene rings is 1. The molecule has 3 rings (SSSR count). The van der Waals surface area contributed by atoms with Gasteiger partial charge in [-0.25, -0.2) is 4.79 Å². The van der Waals surface area contributed by atoms with Gasteiger partial charge in [0, 0.05) is 18.1 Å². The lowest BCUT2D eigenvalue weighted by Gasteiger charge is -2.13. The minimum atomic E-state index is -1.12. The summed E-state index contributed by atoms with van der Waals surface area (Å²) in [6.45, 7) is 2.97. The lowest BCUT2D eigenvalue weighted by atomic mass is 10.1. The summed E-state index contributed by atoms with van der Waals surface area (Å²) in [5.41, 5.74) is 0.932. The number of anilines is 1. The number of carbonyl (C=O) groups is 2. The summed E-state index contributed by atoms with van der Waals surface area (Å²) in [5, 5.41) is 20.9. The molecule has 8 nitrogen and oxygen atoms in total. The molecule has 0 aliphatic rings. The highest BCUT2D eigenvalue weighted by Gasteiger charge is 2.28. The molecule has 0 bridgehead atoms. The molecule has 8 heteroatoms. The van der Waals surface area contributed by atoms with Crippen molar-refractivity contribution >= 4 is 17.6 Å². The van der Waals surface area contributed by atoms with E-state index < -0.39 is 18.0 Å². The van der Waals surface area contributed by atoms with Crippen LogP contribution in [0.2, 0.25) is 0 Å². The van der Waals surface area contributed by atoms with Gasteiger partial charge >= 0.3 is 5.97 Å². The van der Waals surface area contributed by atoms with Gasteiger partial charge in [-0.05, 0) is 50.2 Å². The first-order valence-electron chi connectivity index (χ1n) is 8.63. The highest BCUT2D eigenvalue weighted by atomic mass is 16.5. The van der Waals surface area contributed by atoms with Gasteiger partial charge in [0.2, 0.25) is 5.88 Å². The second kappa shape index (κ2) is 8.15. The van der Waals surface area contributed by atoms with Crippen LogP contribution in [0, 0.1) is 29.6 Å². The van der Waals surface area contributed by atoms with Crippen molar-refractivity contribution in [2.24, 2.45) is 0 Å². The number of rotatable bonds is 5. The number of hydrogen-bond acceptors (Lipinski definition) is 6. The third-order valence-corrected chi connectivity index (χ3v) is 4.16. The first kappa shape index (κ1) is 19.5. The van der Waals surface area contributed by atoms with E-state index in [1.807, 2.05) is 12.1 Å². The molecule has 0 aliphatic carbocycles. The van der Waals surface area contributed by atoms with E-state index in [4.69, 9.17) is 14.4 Å². The maximum Gasteiger partial charge on any atom is 0.343 e. The fourth-order valence-corrected chi connectivity index (χ4v) is 2.68. The number of nitriles is 2. The zero-order valence-corrected chi connectivity index (χ0v) is 15.7. The Balaban J connectivity index is 1.75. The number of nitrogens with zero attached hydrogens (tertiary/aromatic N) is 3. The van der Waals surface area contributed by atoms with Crippen LogP contribution >= 0.6 is 0 Å². The molecule has 1 atom stereocenters. The predicted octanol–water partition coefficient (Wildman–Crippen LogP) is 3.31. The van der Waals surface area contributed by atoms with Gasteiger partial charge in [0.1, 0.15) is 23.0 Å². The second-order valence-corrected chi connectivity index (χ2v) is 6.14. The average molecular weight is 388 g/mol. The summed E-state index contributed by atoms with van der Waals surface area (Å²) < 4.78 is 12.4. The van der Waals surface area contributed by atoms with Crippen LogP contribution in [0.25, 0.3) is 5.88 Å². The molecule has 2 aromatic heterocycles. The summed E-state index contributed by atoms with van der Waals surface area (Å²) >= 11 is 0. The quantitative estimate of drug-likeness (QED) is 0.669. The average Bonchev–Trinajstić information content (AvgIpc) is 3.35. The van der Waals surface area contributed by atoms with E-state index in [2.05, 4.69) is 5.32 Å². The van der Waals surface area contributed by atoms with E-state index in [1.165, 1.54) is 6.92 Å². The van der Waals surface area contributed by atoms with Crippen LogP contribution < -0.4 is 5.32 Å². The fraction of sp³-hybridized carbons (Fsp3) is 0.143. The van der Waals surface area contributed by atoms with Crippen molar-refractivity contribution in [2.45, 2.75) is 20.0 Å². The summed E-state index contributed by atoms with van der Waals surface area (Å²) in [5.74, 6) is -0.955. The van der Waals surface area contributed by atoms with Gasteiger partial charge in [0.15, 0.2) is 6.10 Å². The van der Waals surface area contributed by atoms with Crippen molar-refractivity contribution in [3.05, 3.63) is 71.2 Å². The van der Waals surface area contributed by atoms with Crippen LogP contribution in [0.4, 0.5) is 5.69 Å². The number of ether oxygens (including phenoxy) is 1. The van der Waals surface area contributed by atoms with Crippen molar-refractivity contribution in [3.8, 4) is 18.0 Å². The topological polar surface area (TPSA) is 121 Å². The van der Waals surface area contributed by atoms with E-state index in [0.29, 0.717) is 11.3 Å². The number of aryl methyl sites for hydroxylation is 1. The molecule has 0 unspecified atom stereocenters. The monoisotopic (exact) mass is 388 g/mol. The van der Waals surface area contributed by atoms with Gasteiger partial charge in [-0.2, -0.15) is 10.5 Å². The molecule has 0 radical (unpaired) electrons. The number of esters is 1. The zero-order chi connectivity index (χ0) is 21.0. The highest BCUT2D eigenvalue weighted by Crippen LogP contribution is 2.26. The van der Waals surface area contributed by atoms with Crippen LogP contribution in [0.15, 0.2) is 53.2 Å². The molecule has 0 spiro atoms. The molecule has 1 amide bonds. The van der Waals surface area contributed by atoms with E-state index in [-0.39, 0.29) is 22.8 Å². The number of hydrogen-bond donors (Lipinski definition) is 1. The molecular weight excluding hydrogens is 372 g/mol. The van der Waals surface area contributed by atoms with Crippen LogP contribution in [0.3, 0.4) is 0 Å². The van der Waals surface area contributed by atoms with E-state index in [1.54, 1.807) is 60.3 Å². The zero-order valence-electron chi connectivity index (χ0n) is 15.7. The SMILES string of the molecule is Cc1oc(-n2cccc2)c(C#N)c1C(=O)O[C@@H](C)C(=O)Nc1ccc(C#N)cc1. The standard InChI is InChI=1S/C21H16N4O4/c1-13-18(17(12-23)20(28-13)25-9-3-4-10-25)21(27)29-14(2)19(26)24-16-7-5-15(11-22)6-8-16/h3-10,14H,1-2H3,(H,24,26)/t14-/m0/s1. The lowest BCUT2D eigenvalue weighted by molar-refractivity contribution is -0.123. The Morgan fingerprint density at radius 3 is 2.38 bits per heavy atom. The molecule has 0 fully saturated rings. The van der Waals surface area contributed by atoms with Crippen LogP contribution in [0.5, 0.6) is 0 Å². The molecular formula is C21H16N4O4. The fourth-order valence-electron chi connectivity index (χ4n) is 2.68. The summed E-state index contributed by atoms with van der Waals surface area (Å²) in [4.78, 5) is 24.9. The van der Waals surface area contributed by atoms with Gasteiger partial charge in [0.05, 0.1) is 11.6 Å². The summed E-state index contributed by atoms with van der Waals surface area (Å²) in [6.07, 6.45) is 2.25. The van der Waals surface area contributed by atoms with Gasteiger partial charge in [-0.1, -0.05) is 0 Å². The van der Waals surface area contributed by atoms with Crippen LogP contribution in [-0.2, 0) is 9.53 Å². The molecule has 0 saturated carbocycles. The minimum absolute atomic E-state index is 0.0192. The highest BCUT2D eigenvalue weighted by molar-refractivity contribution is 5.99. The third-order valence-electron chi connectivity index (χ3n) is 4.16. The Morgan fingerprint density at radius 2 is 1.79 bits per heavy atom. The maximum atomic E-state index is 12.6. The van der Waals surface area contributed by atoms with Crippen molar-refractivity contribution in [1.29, 1.82) is 10.5 Å². The smallest absolute Gasteiger partial charge is 0.343 e. The van der Waals surface area contributed by atoms with Crippen molar-refractivity contribution in [3.63, 3.8) is 0 Å². The molecule has 1 aromatic carbocycles. The molecule has 1 N–H and O–H groups in total. The minimum Gasteiger partial charge on any atom is -0.449 e. The van der Waals surface area contributed by atoms with Gasteiger partial charge in [-0.15, -0.1) is 0 Å². The first-order valence-corrected chi connectivity index (χ1v) is 8.63. The second-order valence-electron chi connectivity index (χ2n) is 6.14. The number of furan rings is 1. The van der Waals surface area contributed by atoms with E-state index in [9.17, 15) is 14.9 Å². The molecule has 0 saturated heterocycles. The third kappa shape index (κ3) is 4.02. The molecule has 144 valence electrons. The predicted molar refractivity (Wildman–Crippen MR) is 102 cm³/mol. The van der Waals surface area contributed by atoms with Crippen LogP contribution in [-0.4, -0.2) is 22.5 Å². The van der Waals surface area contributed by atoms with Gasteiger partial charge < -0.3 is 14.5 Å². The Hall–Kier alpha value is -4.30. The number of amides is 1. The molecule has 0 aliphatic heterocycles. The molecule has 29 heavy (non-hydrogen) atoms. The van der Waals surface area contributed by atoms with Gasteiger partial charge in [-0.3, -0.25) is 9.36 Å². The van der Waals surface area contributed by atoms with Crippen molar-refractivity contribution in [2.75, 3.05) is 5.32 Å². The van der Waals surface area contributed by atoms with E-state index in [0.717, 1.165) is 0 Å². The normalized spacial score (nSPS) is 11.2. The Morgan fingerprint density at radius 1 is 1.14 bits per heavy atom. The maximum absolute atomic E-state index is 12.6. The van der Waals surface area contributed by atoms with Crippen molar-refractivity contribution in [1.82, 2.24) is 4.57 Å². The largest absolute Gasteiger partial charge is 0.449 e. The number of aromatic nitrogens is 1. The van der Waals surface area contributed by atoms with Crippen LogP contribution in [0.1, 0.15) is 34.2 Å².